The summed E-state index contributed by atoms with van der Waals surface area (Å²) >= 11 is 1.72. The standard InChI is InChI=1S/C16H25FN4OS.HI/c1-12-5-6-13(9-14(12)17)10-19-16(18-7-8-23-4)20-11-15(22)21(2)3;/h5-6,9H,7-8,10-11H2,1-4H3,(H2,18,19,20);1H. The third kappa shape index (κ3) is 8.72. The summed E-state index contributed by atoms with van der Waals surface area (Å²) < 4.78 is 13.6. The molecule has 0 aliphatic rings. The summed E-state index contributed by atoms with van der Waals surface area (Å²) in [5.41, 5.74) is 1.41. The van der Waals surface area contributed by atoms with E-state index >= 15 is 0 Å². The zero-order chi connectivity index (χ0) is 17.2. The number of likely N-dealkylation sites (N-methyl/N-ethyl adjacent to an activating group) is 1. The van der Waals surface area contributed by atoms with Crippen molar-refractivity contribution in [2.24, 2.45) is 4.99 Å². The van der Waals surface area contributed by atoms with Gasteiger partial charge in [-0.15, -0.1) is 24.0 Å². The first-order chi connectivity index (χ1) is 10.9. The molecule has 24 heavy (non-hydrogen) atoms. The van der Waals surface area contributed by atoms with Crippen LogP contribution in [0.15, 0.2) is 23.2 Å². The van der Waals surface area contributed by atoms with Crippen molar-refractivity contribution in [3.8, 4) is 0 Å². The number of amides is 1. The lowest BCUT2D eigenvalue weighted by Crippen LogP contribution is -2.43. The van der Waals surface area contributed by atoms with Gasteiger partial charge in [0.25, 0.3) is 0 Å². The zero-order valence-corrected chi connectivity index (χ0v) is 17.7. The smallest absolute Gasteiger partial charge is 0.241 e. The van der Waals surface area contributed by atoms with Crippen LogP contribution in [-0.2, 0) is 11.3 Å². The van der Waals surface area contributed by atoms with Gasteiger partial charge in [-0.25, -0.2) is 9.38 Å². The maximum atomic E-state index is 13.6. The van der Waals surface area contributed by atoms with Crippen LogP contribution in [-0.4, -0.2) is 56.0 Å². The number of carbonyl (C=O) groups excluding carboxylic acids is 1. The fraction of sp³-hybridized carbons (Fsp3) is 0.500. The second-order valence-electron chi connectivity index (χ2n) is 5.31. The minimum Gasteiger partial charge on any atom is -0.356 e. The van der Waals surface area contributed by atoms with E-state index in [0.29, 0.717) is 18.1 Å². The van der Waals surface area contributed by atoms with Crippen LogP contribution >= 0.6 is 35.7 Å². The van der Waals surface area contributed by atoms with Crippen LogP contribution in [0.3, 0.4) is 0 Å². The van der Waals surface area contributed by atoms with Crippen molar-refractivity contribution in [3.63, 3.8) is 0 Å². The van der Waals surface area contributed by atoms with Crippen LogP contribution in [0, 0.1) is 12.7 Å². The van der Waals surface area contributed by atoms with Crippen molar-refractivity contribution < 1.29 is 9.18 Å². The van der Waals surface area contributed by atoms with Gasteiger partial charge in [0.1, 0.15) is 5.82 Å². The van der Waals surface area contributed by atoms with E-state index in [0.717, 1.165) is 17.9 Å². The number of hydrogen-bond acceptors (Lipinski definition) is 3. The second-order valence-corrected chi connectivity index (χ2v) is 6.30. The Morgan fingerprint density at radius 1 is 1.33 bits per heavy atom. The van der Waals surface area contributed by atoms with E-state index < -0.39 is 0 Å². The predicted octanol–water partition coefficient (Wildman–Crippen LogP) is 2.24. The fourth-order valence-corrected chi connectivity index (χ4v) is 1.97. The summed E-state index contributed by atoms with van der Waals surface area (Å²) in [4.78, 5) is 17.6. The summed E-state index contributed by atoms with van der Waals surface area (Å²) in [6.45, 7) is 2.99. The van der Waals surface area contributed by atoms with E-state index in [2.05, 4.69) is 15.6 Å². The molecule has 0 saturated carbocycles. The van der Waals surface area contributed by atoms with Crippen molar-refractivity contribution in [2.75, 3.05) is 39.2 Å². The molecule has 0 fully saturated rings. The summed E-state index contributed by atoms with van der Waals surface area (Å²) in [6.07, 6.45) is 2.02. The van der Waals surface area contributed by atoms with Crippen LogP contribution in [0.25, 0.3) is 0 Å². The Hall–Kier alpha value is -1.03. The lowest BCUT2D eigenvalue weighted by Gasteiger charge is -2.14. The Morgan fingerprint density at radius 3 is 2.62 bits per heavy atom. The summed E-state index contributed by atoms with van der Waals surface area (Å²) in [6, 6.07) is 5.08. The lowest BCUT2D eigenvalue weighted by molar-refractivity contribution is -0.127. The van der Waals surface area contributed by atoms with Gasteiger partial charge in [0.05, 0.1) is 13.1 Å². The Bertz CT molecular complexity index is 555. The quantitative estimate of drug-likeness (QED) is 0.279. The van der Waals surface area contributed by atoms with E-state index in [1.807, 2.05) is 12.3 Å². The van der Waals surface area contributed by atoms with E-state index in [-0.39, 0.29) is 42.2 Å². The SMILES string of the molecule is CSCCNC(=NCc1ccc(C)c(F)c1)NCC(=O)N(C)C.I. The van der Waals surface area contributed by atoms with Crippen molar-refractivity contribution in [1.82, 2.24) is 15.5 Å². The number of aliphatic imine (C=N–C) groups is 1. The van der Waals surface area contributed by atoms with Gasteiger partial charge < -0.3 is 15.5 Å². The van der Waals surface area contributed by atoms with E-state index in [9.17, 15) is 9.18 Å². The van der Waals surface area contributed by atoms with Gasteiger partial charge in [0, 0.05) is 26.4 Å². The number of rotatable bonds is 7. The average Bonchev–Trinajstić information content (AvgIpc) is 2.52. The zero-order valence-electron chi connectivity index (χ0n) is 14.6. The predicted molar refractivity (Wildman–Crippen MR) is 111 cm³/mol. The van der Waals surface area contributed by atoms with Crippen LogP contribution < -0.4 is 10.6 Å². The maximum absolute atomic E-state index is 13.6. The first-order valence-electron chi connectivity index (χ1n) is 7.40. The molecule has 1 rings (SSSR count). The molecule has 0 aliphatic carbocycles. The fourth-order valence-electron chi connectivity index (χ4n) is 1.67. The highest BCUT2D eigenvalue weighted by Gasteiger charge is 2.06. The number of benzene rings is 1. The normalized spacial score (nSPS) is 10.8. The van der Waals surface area contributed by atoms with Gasteiger partial charge in [0.2, 0.25) is 5.91 Å². The molecule has 0 heterocycles. The monoisotopic (exact) mass is 468 g/mol. The van der Waals surface area contributed by atoms with E-state index in [1.54, 1.807) is 38.8 Å². The third-order valence-corrected chi connectivity index (χ3v) is 3.77. The number of nitrogens with one attached hydrogen (secondary N) is 2. The van der Waals surface area contributed by atoms with E-state index in [1.165, 1.54) is 11.0 Å². The summed E-state index contributed by atoms with van der Waals surface area (Å²) in [5.74, 6) is 1.22. The van der Waals surface area contributed by atoms with Gasteiger partial charge in [-0.2, -0.15) is 11.8 Å². The number of nitrogens with zero attached hydrogens (tertiary/aromatic N) is 2. The summed E-state index contributed by atoms with van der Waals surface area (Å²) in [5, 5.41) is 6.17. The lowest BCUT2D eigenvalue weighted by atomic mass is 10.1. The van der Waals surface area contributed by atoms with Crippen molar-refractivity contribution in [1.29, 1.82) is 0 Å². The molecule has 1 aromatic rings. The molecule has 0 saturated heterocycles. The molecule has 5 nitrogen and oxygen atoms in total. The highest BCUT2D eigenvalue weighted by Crippen LogP contribution is 2.09. The van der Waals surface area contributed by atoms with Crippen molar-refractivity contribution >= 4 is 47.6 Å². The molecular weight excluding hydrogens is 442 g/mol. The van der Waals surface area contributed by atoms with Gasteiger partial charge in [-0.1, -0.05) is 12.1 Å². The number of thioether (sulfide) groups is 1. The number of carbonyl (C=O) groups is 1. The third-order valence-electron chi connectivity index (χ3n) is 3.16. The number of halogens is 2. The Kier molecular flexibility index (Phi) is 11.8. The van der Waals surface area contributed by atoms with Gasteiger partial charge in [-0.05, 0) is 30.4 Å². The molecule has 0 radical (unpaired) electrons. The molecule has 0 aromatic heterocycles. The molecule has 0 atom stereocenters. The van der Waals surface area contributed by atoms with E-state index in [4.69, 9.17) is 0 Å². The first-order valence-corrected chi connectivity index (χ1v) is 8.79. The highest BCUT2D eigenvalue weighted by atomic mass is 127. The molecule has 8 heteroatoms. The number of aryl methyl sites for hydroxylation is 1. The molecule has 0 spiro atoms. The number of guanidine groups is 1. The Morgan fingerprint density at radius 2 is 2.04 bits per heavy atom. The molecule has 136 valence electrons. The molecule has 0 aliphatic heterocycles. The van der Waals surface area contributed by atoms with Crippen molar-refractivity contribution in [2.45, 2.75) is 13.5 Å². The van der Waals surface area contributed by atoms with Crippen LogP contribution in [0.4, 0.5) is 4.39 Å². The largest absolute Gasteiger partial charge is 0.356 e. The molecule has 0 bridgehead atoms. The van der Waals surface area contributed by atoms with Crippen molar-refractivity contribution in [3.05, 3.63) is 35.1 Å². The van der Waals surface area contributed by atoms with Crippen LogP contribution in [0.1, 0.15) is 11.1 Å². The Balaban J connectivity index is 0.00000529. The molecule has 2 N–H and O–H groups in total. The first kappa shape index (κ1) is 23.0. The van der Waals surface area contributed by atoms with Crippen LogP contribution in [0.5, 0.6) is 0 Å². The highest BCUT2D eigenvalue weighted by molar-refractivity contribution is 14.0. The molecule has 1 amide bonds. The van der Waals surface area contributed by atoms with Gasteiger partial charge in [-0.3, -0.25) is 4.79 Å². The van der Waals surface area contributed by atoms with Crippen LogP contribution in [0.2, 0.25) is 0 Å². The average molecular weight is 468 g/mol. The summed E-state index contributed by atoms with van der Waals surface area (Å²) in [7, 11) is 3.41. The second kappa shape index (κ2) is 12.3. The maximum Gasteiger partial charge on any atom is 0.241 e. The van der Waals surface area contributed by atoms with Gasteiger partial charge in [0.15, 0.2) is 5.96 Å². The molecular formula is C16H26FIN4OS. The molecule has 1 aromatic carbocycles. The minimum absolute atomic E-state index is 0. The number of hydrogen-bond donors (Lipinski definition) is 2. The topological polar surface area (TPSA) is 56.7 Å². The molecule has 0 unspecified atom stereocenters. The Labute approximate surface area is 164 Å². The minimum atomic E-state index is -0.231. The van der Waals surface area contributed by atoms with Gasteiger partial charge >= 0.3 is 0 Å².